The summed E-state index contributed by atoms with van der Waals surface area (Å²) in [5.41, 5.74) is -3.47. The van der Waals surface area contributed by atoms with Crippen molar-refractivity contribution in [3.8, 4) is 5.75 Å². The van der Waals surface area contributed by atoms with Crippen LogP contribution in [0.1, 0.15) is 42.9 Å². The molecule has 2 atom stereocenters. The van der Waals surface area contributed by atoms with Crippen LogP contribution in [-0.4, -0.2) is 19.7 Å². The van der Waals surface area contributed by atoms with Gasteiger partial charge in [-0.3, -0.25) is 4.79 Å². The van der Waals surface area contributed by atoms with Gasteiger partial charge in [-0.25, -0.2) is 0 Å². The van der Waals surface area contributed by atoms with Gasteiger partial charge in [0, 0.05) is 23.8 Å². The van der Waals surface area contributed by atoms with Gasteiger partial charge >= 0.3 is 15.6 Å². The first-order chi connectivity index (χ1) is 10.6. The minimum Gasteiger partial charge on any atom is -0.376 e. The van der Waals surface area contributed by atoms with Crippen molar-refractivity contribution in [2.24, 2.45) is 5.92 Å². The third kappa shape index (κ3) is 2.84. The number of alkyl halides is 3. The first-order valence-corrected chi connectivity index (χ1v) is 8.68. The van der Waals surface area contributed by atoms with E-state index in [0.29, 0.717) is 12.0 Å². The monoisotopic (exact) mass is 350 g/mol. The van der Waals surface area contributed by atoms with E-state index in [1.54, 1.807) is 6.92 Å². The third-order valence-corrected chi connectivity index (χ3v) is 5.10. The molecule has 23 heavy (non-hydrogen) atoms. The van der Waals surface area contributed by atoms with E-state index in [-0.39, 0.29) is 29.8 Å². The van der Waals surface area contributed by atoms with E-state index in [1.807, 2.05) is 13.8 Å². The molecule has 0 aromatic heterocycles. The summed E-state index contributed by atoms with van der Waals surface area (Å²) in [7, 11) is -5.70. The molecule has 0 spiro atoms. The Hall–Kier alpha value is -1.57. The molecule has 0 bridgehead atoms. The molecule has 0 heterocycles. The van der Waals surface area contributed by atoms with E-state index in [0.717, 1.165) is 11.1 Å². The fourth-order valence-corrected chi connectivity index (χ4v) is 3.57. The largest absolute Gasteiger partial charge is 0.534 e. The molecule has 0 radical (unpaired) electrons. The lowest BCUT2D eigenvalue weighted by atomic mass is 9.72. The molecule has 8 heteroatoms. The molecule has 2 aliphatic carbocycles. The Bertz CT molecular complexity index is 738. The normalized spacial score (nSPS) is 22.4. The van der Waals surface area contributed by atoms with Gasteiger partial charge in [-0.2, -0.15) is 21.6 Å². The van der Waals surface area contributed by atoms with Gasteiger partial charge in [0.15, 0.2) is 0 Å². The topological polar surface area (TPSA) is 60.4 Å². The number of carbonyl (C=O) groups is 1. The highest BCUT2D eigenvalue weighted by Gasteiger charge is 2.51. The van der Waals surface area contributed by atoms with E-state index in [2.05, 4.69) is 4.18 Å². The Balaban J connectivity index is 0.000000924. The highest BCUT2D eigenvalue weighted by Crippen LogP contribution is 2.52. The second kappa shape index (κ2) is 5.81. The molecule has 0 saturated heterocycles. The average molecular weight is 350 g/mol. The number of benzene rings is 1. The van der Waals surface area contributed by atoms with Crippen LogP contribution in [0.5, 0.6) is 5.75 Å². The highest BCUT2D eigenvalue weighted by molar-refractivity contribution is 7.88. The van der Waals surface area contributed by atoms with E-state index in [9.17, 15) is 26.4 Å². The number of Topliss-reactive ketones (excluding diaryl/α,β-unsaturated/α-hetero) is 1. The Kier molecular flexibility index (Phi) is 4.49. The molecule has 1 aromatic carbocycles. The van der Waals surface area contributed by atoms with Crippen LogP contribution >= 0.6 is 0 Å². The van der Waals surface area contributed by atoms with Gasteiger partial charge in [-0.1, -0.05) is 19.9 Å². The van der Waals surface area contributed by atoms with Gasteiger partial charge in [0.2, 0.25) is 0 Å². The third-order valence-electron chi connectivity index (χ3n) is 4.13. The van der Waals surface area contributed by atoms with Gasteiger partial charge in [0.05, 0.1) is 0 Å². The zero-order valence-electron chi connectivity index (χ0n) is 12.9. The predicted octanol–water partition coefficient (Wildman–Crippen LogP) is 3.48. The summed E-state index contributed by atoms with van der Waals surface area (Å²) in [4.78, 5) is 11.5. The summed E-state index contributed by atoms with van der Waals surface area (Å²) in [5, 5.41) is 0. The Morgan fingerprint density at radius 3 is 2.26 bits per heavy atom. The lowest BCUT2D eigenvalue weighted by Gasteiger charge is -2.29. The number of fused-ring (bicyclic) bond motifs is 3. The molecule has 2 aliphatic rings. The average Bonchev–Trinajstić information content (AvgIpc) is 2.77. The molecule has 128 valence electrons. The van der Waals surface area contributed by atoms with E-state index in [4.69, 9.17) is 0 Å². The zero-order valence-corrected chi connectivity index (χ0v) is 13.7. The van der Waals surface area contributed by atoms with Crippen molar-refractivity contribution in [3.05, 3.63) is 28.8 Å². The van der Waals surface area contributed by atoms with E-state index >= 15 is 0 Å². The van der Waals surface area contributed by atoms with Crippen LogP contribution in [0.15, 0.2) is 12.1 Å². The van der Waals surface area contributed by atoms with Gasteiger partial charge < -0.3 is 4.18 Å². The fourth-order valence-electron chi connectivity index (χ4n) is 3.09. The first kappa shape index (κ1) is 17.8. The minimum atomic E-state index is -5.70. The van der Waals surface area contributed by atoms with Crippen molar-refractivity contribution < 1.29 is 30.6 Å². The van der Waals surface area contributed by atoms with Crippen LogP contribution in [0.3, 0.4) is 0 Å². The van der Waals surface area contributed by atoms with Crippen molar-refractivity contribution in [1.29, 1.82) is 0 Å². The minimum absolute atomic E-state index is 0.0235. The predicted molar refractivity (Wildman–Crippen MR) is 77.7 cm³/mol. The van der Waals surface area contributed by atoms with Crippen molar-refractivity contribution in [2.75, 3.05) is 0 Å². The molecule has 1 fully saturated rings. The Morgan fingerprint density at radius 2 is 1.74 bits per heavy atom. The van der Waals surface area contributed by atoms with Crippen LogP contribution in [0.25, 0.3) is 0 Å². The lowest BCUT2D eigenvalue weighted by molar-refractivity contribution is -0.130. The molecule has 0 amide bonds. The SMILES string of the molecule is CC.Cc1ccc(OS(=O)(=O)C(F)(F)F)c2c1C1CC(=O)C1C2. The van der Waals surface area contributed by atoms with Crippen LogP contribution in [0.2, 0.25) is 0 Å². The summed E-state index contributed by atoms with van der Waals surface area (Å²) in [6, 6.07) is 2.73. The smallest absolute Gasteiger partial charge is 0.376 e. The summed E-state index contributed by atoms with van der Waals surface area (Å²) in [5.74, 6) is -0.544. The number of ketones is 1. The van der Waals surface area contributed by atoms with Crippen LogP contribution in [0.4, 0.5) is 13.2 Å². The van der Waals surface area contributed by atoms with Crippen molar-refractivity contribution in [3.63, 3.8) is 0 Å². The summed E-state index contributed by atoms with van der Waals surface area (Å²) in [6.45, 7) is 5.78. The van der Waals surface area contributed by atoms with Crippen LogP contribution < -0.4 is 4.18 Å². The van der Waals surface area contributed by atoms with Crippen molar-refractivity contribution in [1.82, 2.24) is 0 Å². The van der Waals surface area contributed by atoms with Gasteiger partial charge in [-0.15, -0.1) is 0 Å². The van der Waals surface area contributed by atoms with Gasteiger partial charge in [-0.05, 0) is 30.5 Å². The Labute approximate surface area is 132 Å². The first-order valence-electron chi connectivity index (χ1n) is 7.27. The number of hydrogen-bond acceptors (Lipinski definition) is 4. The number of carbonyl (C=O) groups excluding carboxylic acids is 1. The van der Waals surface area contributed by atoms with Gasteiger partial charge in [0.1, 0.15) is 11.5 Å². The standard InChI is InChI=1S/C13H11F3O4S.C2H6/c1-6-2-3-11(20-21(18,19)13(14,15)16)9-4-7-8(12(6)9)5-10(7)17;1-2/h2-3,7-8H,4-5H2,1H3;1-2H3. The second-order valence-corrected chi connectivity index (χ2v) is 6.88. The number of rotatable bonds is 2. The molecular formula is C15H17F3O4S. The maximum absolute atomic E-state index is 12.4. The zero-order chi connectivity index (χ0) is 17.6. The Morgan fingerprint density at radius 1 is 1.13 bits per heavy atom. The highest BCUT2D eigenvalue weighted by atomic mass is 32.2. The summed E-state index contributed by atoms with van der Waals surface area (Å²) >= 11 is 0. The molecular weight excluding hydrogens is 333 g/mol. The molecule has 0 N–H and O–H groups in total. The maximum atomic E-state index is 12.4. The quantitative estimate of drug-likeness (QED) is 0.605. The molecule has 1 saturated carbocycles. The molecule has 0 aliphatic heterocycles. The summed E-state index contributed by atoms with van der Waals surface area (Å²) < 4.78 is 63.8. The number of halogens is 3. The summed E-state index contributed by atoms with van der Waals surface area (Å²) in [6.07, 6.45) is 0.594. The lowest BCUT2D eigenvalue weighted by Crippen LogP contribution is -2.32. The number of hydrogen-bond donors (Lipinski definition) is 0. The number of aryl methyl sites for hydroxylation is 1. The van der Waals surface area contributed by atoms with E-state index < -0.39 is 15.6 Å². The molecule has 4 nitrogen and oxygen atoms in total. The molecule has 3 rings (SSSR count). The van der Waals surface area contributed by atoms with Crippen molar-refractivity contribution in [2.45, 2.75) is 45.0 Å². The maximum Gasteiger partial charge on any atom is 0.534 e. The van der Waals surface area contributed by atoms with Crippen LogP contribution in [-0.2, 0) is 21.3 Å². The van der Waals surface area contributed by atoms with E-state index in [1.165, 1.54) is 12.1 Å². The second-order valence-electron chi connectivity index (χ2n) is 5.34. The fraction of sp³-hybridized carbons (Fsp3) is 0.533. The van der Waals surface area contributed by atoms with Crippen LogP contribution in [0, 0.1) is 12.8 Å². The van der Waals surface area contributed by atoms with Crippen molar-refractivity contribution >= 4 is 15.9 Å². The molecule has 1 aromatic rings. The van der Waals surface area contributed by atoms with Gasteiger partial charge in [0.25, 0.3) is 0 Å². The molecule has 2 unspecified atom stereocenters.